The first kappa shape index (κ1) is 18.4. The van der Waals surface area contributed by atoms with Gasteiger partial charge in [0.1, 0.15) is 11.3 Å². The van der Waals surface area contributed by atoms with Gasteiger partial charge in [-0.1, -0.05) is 23.5 Å². The number of benzene rings is 1. The molecule has 0 unspecified atom stereocenters. The average molecular weight is 413 g/mol. The molecule has 0 atom stereocenters. The summed E-state index contributed by atoms with van der Waals surface area (Å²) in [5, 5.41) is 2.21. The van der Waals surface area contributed by atoms with Gasteiger partial charge in [0, 0.05) is 29.4 Å². The molecule has 0 saturated carbocycles. The fourth-order valence-corrected chi connectivity index (χ4v) is 4.23. The van der Waals surface area contributed by atoms with Crippen molar-refractivity contribution in [3.8, 4) is 0 Å². The van der Waals surface area contributed by atoms with Gasteiger partial charge in [0.25, 0.3) is 5.91 Å². The lowest BCUT2D eigenvalue weighted by atomic mass is 10.2. The summed E-state index contributed by atoms with van der Waals surface area (Å²) in [6, 6.07) is 9.41. The van der Waals surface area contributed by atoms with Crippen LogP contribution in [0.2, 0.25) is 0 Å². The summed E-state index contributed by atoms with van der Waals surface area (Å²) in [4.78, 5) is 23.6. The van der Waals surface area contributed by atoms with Gasteiger partial charge < -0.3 is 0 Å². The molecule has 0 spiro atoms. The summed E-state index contributed by atoms with van der Waals surface area (Å²) in [5.41, 5.74) is 0.846. The molecule has 3 aromatic heterocycles. The number of nitrogens with zero attached hydrogens (tertiary/aromatic N) is 3. The Morgan fingerprint density at radius 1 is 1.21 bits per heavy atom. The fraction of sp³-hybridized carbons (Fsp3) is 0.0500. The molecule has 4 rings (SSSR count). The Balaban J connectivity index is 1.72. The molecule has 0 radical (unpaired) electrons. The molecule has 0 saturated heterocycles. The summed E-state index contributed by atoms with van der Waals surface area (Å²) in [6.45, 7) is 0.214. The molecule has 0 N–H and O–H groups in total. The van der Waals surface area contributed by atoms with Crippen molar-refractivity contribution in [2.24, 2.45) is 0 Å². The van der Waals surface area contributed by atoms with E-state index in [0.29, 0.717) is 9.83 Å². The molecule has 28 heavy (non-hydrogen) atoms. The van der Waals surface area contributed by atoms with Crippen molar-refractivity contribution in [1.82, 2.24) is 9.97 Å². The lowest BCUT2D eigenvalue weighted by Crippen LogP contribution is -2.28. The fourth-order valence-electron chi connectivity index (χ4n) is 2.60. The maximum atomic E-state index is 14.1. The zero-order valence-electron chi connectivity index (χ0n) is 14.4. The minimum atomic E-state index is -0.750. The Kier molecular flexibility index (Phi) is 5.23. The molecule has 1 amide bonds. The molecule has 4 nitrogen and oxygen atoms in total. The largest absolute Gasteiger partial charge is 0.280 e. The second-order valence-corrected chi connectivity index (χ2v) is 7.85. The van der Waals surface area contributed by atoms with Crippen LogP contribution in [0.3, 0.4) is 0 Å². The maximum absolute atomic E-state index is 14.1. The van der Waals surface area contributed by atoms with Crippen LogP contribution in [-0.2, 0) is 11.3 Å². The number of thiophene rings is 1. The number of carbonyl (C=O) groups excluding carboxylic acids is 1. The van der Waals surface area contributed by atoms with Crippen LogP contribution < -0.4 is 4.90 Å². The van der Waals surface area contributed by atoms with Crippen molar-refractivity contribution in [3.05, 3.63) is 82.3 Å². The number of rotatable bonds is 5. The maximum Gasteiger partial charge on any atom is 0.253 e. The molecule has 0 fully saturated rings. The van der Waals surface area contributed by atoms with Gasteiger partial charge in [0.15, 0.2) is 10.9 Å². The molecular formula is C20H13F2N3OS2. The zero-order chi connectivity index (χ0) is 19.5. The molecule has 8 heteroatoms. The number of anilines is 1. The highest BCUT2D eigenvalue weighted by Crippen LogP contribution is 2.32. The van der Waals surface area contributed by atoms with Gasteiger partial charge >= 0.3 is 0 Å². The Labute approximate surface area is 167 Å². The van der Waals surface area contributed by atoms with Crippen LogP contribution in [-0.4, -0.2) is 15.9 Å². The molecule has 0 aliphatic rings. The van der Waals surface area contributed by atoms with Gasteiger partial charge in [0.2, 0.25) is 0 Å². The lowest BCUT2D eigenvalue weighted by Gasteiger charge is -2.18. The van der Waals surface area contributed by atoms with Crippen LogP contribution in [0.4, 0.5) is 13.9 Å². The highest BCUT2D eigenvalue weighted by Gasteiger charge is 2.20. The minimum Gasteiger partial charge on any atom is -0.280 e. The van der Waals surface area contributed by atoms with Crippen LogP contribution in [0.25, 0.3) is 16.3 Å². The third kappa shape index (κ3) is 3.97. The first-order valence-electron chi connectivity index (χ1n) is 8.28. The molecule has 3 heterocycles. The molecule has 0 aliphatic heterocycles. The summed E-state index contributed by atoms with van der Waals surface area (Å²) >= 11 is 2.58. The van der Waals surface area contributed by atoms with E-state index in [-0.39, 0.29) is 18.0 Å². The first-order valence-corrected chi connectivity index (χ1v) is 9.97. The van der Waals surface area contributed by atoms with E-state index in [4.69, 9.17) is 0 Å². The van der Waals surface area contributed by atoms with Crippen molar-refractivity contribution in [3.63, 3.8) is 0 Å². The highest BCUT2D eigenvalue weighted by atomic mass is 32.1. The normalized spacial score (nSPS) is 11.4. The third-order valence-electron chi connectivity index (χ3n) is 3.90. The van der Waals surface area contributed by atoms with Crippen LogP contribution in [0.5, 0.6) is 0 Å². The quantitative estimate of drug-likeness (QED) is 0.418. The van der Waals surface area contributed by atoms with Crippen molar-refractivity contribution in [1.29, 1.82) is 0 Å². The number of aromatic nitrogens is 2. The Hall–Kier alpha value is -2.97. The van der Waals surface area contributed by atoms with Crippen LogP contribution >= 0.6 is 22.7 Å². The van der Waals surface area contributed by atoms with Gasteiger partial charge in [-0.15, -0.1) is 11.3 Å². The van der Waals surface area contributed by atoms with E-state index < -0.39 is 11.6 Å². The zero-order valence-corrected chi connectivity index (χ0v) is 16.0. The molecular weight excluding hydrogens is 400 g/mol. The number of amides is 1. The number of hydrogen-bond acceptors (Lipinski definition) is 5. The third-order valence-corrected chi connectivity index (χ3v) is 5.76. The second-order valence-electron chi connectivity index (χ2n) is 5.87. The second kappa shape index (κ2) is 7.95. The predicted octanol–water partition coefficient (Wildman–Crippen LogP) is 5.28. The van der Waals surface area contributed by atoms with Crippen molar-refractivity contribution >= 4 is 50.0 Å². The van der Waals surface area contributed by atoms with Gasteiger partial charge in [-0.05, 0) is 35.2 Å². The number of halogens is 2. The van der Waals surface area contributed by atoms with Crippen LogP contribution in [0.1, 0.15) is 10.4 Å². The summed E-state index contributed by atoms with van der Waals surface area (Å²) < 4.78 is 27.9. The van der Waals surface area contributed by atoms with Crippen LogP contribution in [0.15, 0.2) is 60.2 Å². The molecule has 0 bridgehead atoms. The summed E-state index contributed by atoms with van der Waals surface area (Å²) in [5.74, 6) is -1.74. The number of pyridine rings is 1. The number of hydrogen-bond donors (Lipinski definition) is 0. The van der Waals surface area contributed by atoms with Crippen molar-refractivity contribution in [2.45, 2.75) is 6.54 Å². The van der Waals surface area contributed by atoms with Gasteiger partial charge in [-0.25, -0.2) is 13.8 Å². The first-order chi connectivity index (χ1) is 13.6. The number of carbonyl (C=O) groups is 1. The molecule has 0 aliphatic carbocycles. The van der Waals surface area contributed by atoms with E-state index in [1.807, 2.05) is 23.6 Å². The standard InChI is InChI=1S/C20H13F2N3OS2/c21-14-9-16(22)19-17(10-14)28-20(24-19)25(12-13-3-1-7-23-11-13)18(26)6-5-15-4-2-8-27-15/h1-11H,12H2. The Morgan fingerprint density at radius 3 is 2.86 bits per heavy atom. The highest BCUT2D eigenvalue weighted by molar-refractivity contribution is 7.22. The van der Waals surface area contributed by atoms with E-state index in [0.717, 1.165) is 27.8 Å². The van der Waals surface area contributed by atoms with Gasteiger partial charge in [-0.3, -0.25) is 14.7 Å². The molecule has 140 valence electrons. The van der Waals surface area contributed by atoms with E-state index >= 15 is 0 Å². The minimum absolute atomic E-state index is 0.0487. The lowest BCUT2D eigenvalue weighted by molar-refractivity contribution is -0.114. The number of thiazole rings is 1. The Morgan fingerprint density at radius 2 is 2.11 bits per heavy atom. The van der Waals surface area contributed by atoms with E-state index in [9.17, 15) is 13.6 Å². The molecule has 1 aromatic carbocycles. The van der Waals surface area contributed by atoms with Gasteiger partial charge in [0.05, 0.1) is 11.2 Å². The van der Waals surface area contributed by atoms with Crippen molar-refractivity contribution in [2.75, 3.05) is 4.90 Å². The number of fused-ring (bicyclic) bond motifs is 1. The van der Waals surface area contributed by atoms with Crippen molar-refractivity contribution < 1.29 is 13.6 Å². The topological polar surface area (TPSA) is 46.1 Å². The SMILES string of the molecule is O=C(C=Cc1cccs1)N(Cc1cccnc1)c1nc2c(F)cc(F)cc2s1. The average Bonchev–Trinajstić information content (AvgIpc) is 3.34. The van der Waals surface area contributed by atoms with E-state index in [1.54, 1.807) is 24.5 Å². The summed E-state index contributed by atoms with van der Waals surface area (Å²) in [7, 11) is 0. The monoisotopic (exact) mass is 413 g/mol. The predicted molar refractivity (Wildman–Crippen MR) is 108 cm³/mol. The van der Waals surface area contributed by atoms with E-state index in [2.05, 4.69) is 9.97 Å². The van der Waals surface area contributed by atoms with E-state index in [1.165, 1.54) is 28.4 Å². The Bertz CT molecular complexity index is 1140. The molecule has 4 aromatic rings. The van der Waals surface area contributed by atoms with Gasteiger partial charge in [-0.2, -0.15) is 0 Å². The van der Waals surface area contributed by atoms with Crippen LogP contribution in [0, 0.1) is 11.6 Å². The smallest absolute Gasteiger partial charge is 0.253 e. The summed E-state index contributed by atoms with van der Waals surface area (Å²) in [6.07, 6.45) is 6.46.